The molecule has 6 amide bonds. The number of primary amides is 1. The quantitative estimate of drug-likeness (QED) is 0.619. The van der Waals surface area contributed by atoms with Crippen molar-refractivity contribution in [2.24, 2.45) is 5.73 Å². The van der Waals surface area contributed by atoms with Gasteiger partial charge >= 0.3 is 18.1 Å². The molecule has 0 spiro atoms. The van der Waals surface area contributed by atoms with Crippen LogP contribution < -0.4 is 26.6 Å². The van der Waals surface area contributed by atoms with Gasteiger partial charge in [0.25, 0.3) is 0 Å². The fourth-order valence-electron chi connectivity index (χ4n) is 2.29. The van der Waals surface area contributed by atoms with E-state index in [-0.39, 0.29) is 6.03 Å². The zero-order valence-electron chi connectivity index (χ0n) is 12.2. The molecule has 1 aliphatic heterocycles. The second-order valence-corrected chi connectivity index (χ2v) is 4.72. The minimum absolute atomic E-state index is 0.369. The van der Waals surface area contributed by atoms with Gasteiger partial charge in [-0.05, 0) is 12.1 Å². The van der Waals surface area contributed by atoms with Crippen LogP contribution in [0.1, 0.15) is 0 Å². The first-order valence-electron chi connectivity index (χ1n) is 6.61. The van der Waals surface area contributed by atoms with Gasteiger partial charge in [0.15, 0.2) is 6.17 Å². The zero-order chi connectivity index (χ0) is 16.3. The Balaban J connectivity index is 2.38. The number of urea groups is 3. The Labute approximate surface area is 127 Å². The topological polar surface area (TPSA) is 120 Å². The van der Waals surface area contributed by atoms with Crippen molar-refractivity contribution in [3.63, 3.8) is 0 Å². The average molecular weight is 306 g/mol. The molecule has 1 heterocycles. The van der Waals surface area contributed by atoms with Crippen molar-refractivity contribution in [2.45, 2.75) is 12.3 Å². The van der Waals surface area contributed by atoms with Gasteiger partial charge < -0.3 is 26.6 Å². The molecule has 9 heteroatoms. The molecular formula is C13H18N6O3. The van der Waals surface area contributed by atoms with Crippen molar-refractivity contribution < 1.29 is 14.4 Å². The highest BCUT2D eigenvalue weighted by Crippen LogP contribution is 2.25. The van der Waals surface area contributed by atoms with E-state index in [0.717, 1.165) is 0 Å². The molecule has 9 nitrogen and oxygen atoms in total. The summed E-state index contributed by atoms with van der Waals surface area (Å²) in [5.74, 6) is 0. The molecule has 0 aliphatic carbocycles. The van der Waals surface area contributed by atoms with Crippen molar-refractivity contribution in [3.8, 4) is 0 Å². The number of anilines is 1. The summed E-state index contributed by atoms with van der Waals surface area (Å²) in [7, 11) is 2.98. The monoisotopic (exact) mass is 306 g/mol. The number of amides is 6. The molecule has 1 aromatic carbocycles. The number of para-hydroxylation sites is 1. The van der Waals surface area contributed by atoms with Gasteiger partial charge in [-0.25, -0.2) is 14.4 Å². The number of rotatable bonds is 3. The van der Waals surface area contributed by atoms with Gasteiger partial charge in [-0.1, -0.05) is 18.2 Å². The van der Waals surface area contributed by atoms with Crippen LogP contribution in [-0.2, 0) is 0 Å². The highest BCUT2D eigenvalue weighted by Gasteiger charge is 2.46. The maximum absolute atomic E-state index is 12.5. The average Bonchev–Trinajstić information content (AvgIpc) is 2.72. The van der Waals surface area contributed by atoms with E-state index in [2.05, 4.69) is 16.0 Å². The number of hydrogen-bond acceptors (Lipinski definition) is 3. The van der Waals surface area contributed by atoms with Crippen LogP contribution in [0.3, 0.4) is 0 Å². The zero-order valence-corrected chi connectivity index (χ0v) is 12.2. The first kappa shape index (κ1) is 15.4. The minimum Gasteiger partial charge on any atom is -0.352 e. The smallest absolute Gasteiger partial charge is 0.327 e. The Morgan fingerprint density at radius 2 is 1.77 bits per heavy atom. The number of nitrogens with two attached hydrogens (primary N) is 1. The number of nitrogens with one attached hydrogen (secondary N) is 3. The van der Waals surface area contributed by atoms with E-state index >= 15 is 0 Å². The normalized spacial score (nSPS) is 20.7. The molecule has 0 unspecified atom stereocenters. The number of carbonyl (C=O) groups is 3. The third-order valence-corrected chi connectivity index (χ3v) is 3.33. The maximum atomic E-state index is 12.5. The molecule has 2 rings (SSSR count). The van der Waals surface area contributed by atoms with Gasteiger partial charge in [0.05, 0.1) is 0 Å². The number of hydrogen-bond donors (Lipinski definition) is 4. The number of likely N-dealkylation sites (N-methyl/N-ethyl adjacent to an activating group) is 1. The van der Waals surface area contributed by atoms with Gasteiger partial charge in [0.2, 0.25) is 0 Å². The van der Waals surface area contributed by atoms with Crippen LogP contribution in [0.2, 0.25) is 0 Å². The molecular weight excluding hydrogens is 288 g/mol. The summed E-state index contributed by atoms with van der Waals surface area (Å²) in [5.41, 5.74) is 5.75. The number of carbonyl (C=O) groups excluding carboxylic acids is 3. The Morgan fingerprint density at radius 1 is 1.14 bits per heavy atom. The van der Waals surface area contributed by atoms with Crippen molar-refractivity contribution in [1.82, 2.24) is 20.9 Å². The van der Waals surface area contributed by atoms with E-state index in [1.807, 2.05) is 6.07 Å². The lowest BCUT2D eigenvalue weighted by Gasteiger charge is -2.27. The second kappa shape index (κ2) is 6.20. The molecule has 0 saturated carbocycles. The lowest BCUT2D eigenvalue weighted by atomic mass is 10.2. The maximum Gasteiger partial charge on any atom is 0.327 e. The fraction of sp³-hybridized carbons (Fsp3) is 0.308. The van der Waals surface area contributed by atoms with Crippen molar-refractivity contribution >= 4 is 23.8 Å². The van der Waals surface area contributed by atoms with Gasteiger partial charge in [0.1, 0.15) is 6.17 Å². The third-order valence-electron chi connectivity index (χ3n) is 3.33. The summed E-state index contributed by atoms with van der Waals surface area (Å²) >= 11 is 0. The van der Waals surface area contributed by atoms with E-state index in [9.17, 15) is 14.4 Å². The van der Waals surface area contributed by atoms with Crippen LogP contribution in [0.15, 0.2) is 30.3 Å². The van der Waals surface area contributed by atoms with E-state index in [4.69, 9.17) is 5.73 Å². The lowest BCUT2D eigenvalue weighted by molar-refractivity contribution is 0.198. The van der Waals surface area contributed by atoms with E-state index in [0.29, 0.717) is 5.69 Å². The SMILES string of the molecule is CNC(=O)N[C@H]1[C@H](NC(N)=O)N(C)C(=O)N1c1ccccc1. The molecule has 1 saturated heterocycles. The minimum atomic E-state index is -0.799. The van der Waals surface area contributed by atoms with Crippen LogP contribution in [0.5, 0.6) is 0 Å². The van der Waals surface area contributed by atoms with E-state index in [1.54, 1.807) is 24.3 Å². The molecule has 0 radical (unpaired) electrons. The first-order chi connectivity index (χ1) is 10.5. The van der Waals surface area contributed by atoms with Gasteiger partial charge in [-0.15, -0.1) is 0 Å². The van der Waals surface area contributed by atoms with Gasteiger partial charge in [-0.3, -0.25) is 4.90 Å². The molecule has 1 aromatic rings. The molecule has 1 fully saturated rings. The van der Waals surface area contributed by atoms with Crippen molar-refractivity contribution in [1.29, 1.82) is 0 Å². The van der Waals surface area contributed by atoms with Crippen LogP contribution in [0.4, 0.5) is 20.1 Å². The van der Waals surface area contributed by atoms with Gasteiger partial charge in [0, 0.05) is 19.8 Å². The fourth-order valence-corrected chi connectivity index (χ4v) is 2.29. The second-order valence-electron chi connectivity index (χ2n) is 4.72. The molecule has 0 bridgehead atoms. The standard InChI is InChI=1S/C13H18N6O3/c1-15-12(21)17-10-9(16-11(14)20)18(2)13(22)19(10)8-6-4-3-5-7-8/h3-7,9-10H,1-2H3,(H3,14,16,20)(H2,15,17,21)/t9-,10-/m1/s1. The lowest BCUT2D eigenvalue weighted by Crippen LogP contribution is -2.59. The molecule has 118 valence electrons. The Hall–Kier alpha value is -2.97. The van der Waals surface area contributed by atoms with Crippen molar-refractivity contribution in [3.05, 3.63) is 30.3 Å². The van der Waals surface area contributed by atoms with Crippen LogP contribution in [0, 0.1) is 0 Å². The summed E-state index contributed by atoms with van der Waals surface area (Å²) in [6.45, 7) is 0. The molecule has 2 atom stereocenters. The largest absolute Gasteiger partial charge is 0.352 e. The molecule has 0 aromatic heterocycles. The predicted octanol–water partition coefficient (Wildman–Crippen LogP) is -0.192. The van der Waals surface area contributed by atoms with E-state index in [1.165, 1.54) is 23.9 Å². The highest BCUT2D eigenvalue weighted by molar-refractivity contribution is 5.96. The highest BCUT2D eigenvalue weighted by atomic mass is 16.2. The first-order valence-corrected chi connectivity index (χ1v) is 6.61. The Kier molecular flexibility index (Phi) is 4.35. The summed E-state index contributed by atoms with van der Waals surface area (Å²) in [4.78, 5) is 38.0. The van der Waals surface area contributed by atoms with Crippen LogP contribution in [-0.4, -0.2) is 49.4 Å². The third kappa shape index (κ3) is 2.87. The predicted molar refractivity (Wildman–Crippen MR) is 80.0 cm³/mol. The summed E-state index contributed by atoms with van der Waals surface area (Å²) < 4.78 is 0. The van der Waals surface area contributed by atoms with Crippen molar-refractivity contribution in [2.75, 3.05) is 19.0 Å². The van der Waals surface area contributed by atoms with Gasteiger partial charge in [-0.2, -0.15) is 0 Å². The Bertz CT molecular complexity index is 578. The summed E-state index contributed by atoms with van der Waals surface area (Å²) in [6, 6.07) is 7.19. The van der Waals surface area contributed by atoms with Crippen LogP contribution in [0.25, 0.3) is 0 Å². The van der Waals surface area contributed by atoms with Crippen LogP contribution >= 0.6 is 0 Å². The molecule has 22 heavy (non-hydrogen) atoms. The molecule has 5 N–H and O–H groups in total. The summed E-state index contributed by atoms with van der Waals surface area (Å²) in [5, 5.41) is 7.51. The number of nitrogens with zero attached hydrogens (tertiary/aromatic N) is 2. The number of benzene rings is 1. The summed E-state index contributed by atoms with van der Waals surface area (Å²) in [6.07, 6.45) is -1.59. The molecule has 1 aliphatic rings. The Morgan fingerprint density at radius 3 is 2.32 bits per heavy atom. The van der Waals surface area contributed by atoms with E-state index < -0.39 is 24.4 Å².